The molecule has 1 amide bonds. The molecule has 11 nitrogen and oxygen atoms in total. The third-order valence-corrected chi connectivity index (χ3v) is 8.85. The Balaban J connectivity index is 3.84. The van der Waals surface area contributed by atoms with Gasteiger partial charge < -0.3 is 25.2 Å². The summed E-state index contributed by atoms with van der Waals surface area (Å²) in [5.74, 6) is -2.39. The van der Waals surface area contributed by atoms with E-state index in [1.165, 1.54) is 96.3 Å². The van der Waals surface area contributed by atoms with Gasteiger partial charge >= 0.3 is 19.8 Å². The minimum Gasteiger partial charge on any atom is -0.480 e. The number of carboxylic acids is 1. The number of aliphatic hydroxyl groups is 1. The lowest BCUT2D eigenvalue weighted by Crippen LogP contribution is -2.43. The summed E-state index contributed by atoms with van der Waals surface area (Å²) in [6.45, 7) is 2.38. The first kappa shape index (κ1) is 44.5. The summed E-state index contributed by atoms with van der Waals surface area (Å²) in [7, 11) is -4.73. The summed E-state index contributed by atoms with van der Waals surface area (Å²) < 4.78 is 26.4. The van der Waals surface area contributed by atoms with Gasteiger partial charge in [0.15, 0.2) is 6.04 Å². The molecule has 0 fully saturated rings. The molecule has 0 aliphatic heterocycles. The summed E-state index contributed by atoms with van der Waals surface area (Å²) in [5, 5.41) is 21.5. The Morgan fingerprint density at radius 1 is 0.609 bits per heavy atom. The number of nitrogens with one attached hydrogen (secondary N) is 1. The average molecular weight is 680 g/mol. The summed E-state index contributed by atoms with van der Waals surface area (Å²) in [5.41, 5.74) is 0. The molecule has 0 aromatic rings. The van der Waals surface area contributed by atoms with Crippen LogP contribution in [-0.4, -0.2) is 64.9 Å². The molecule has 0 aliphatic carbocycles. The molecule has 0 saturated heterocycles. The van der Waals surface area contributed by atoms with Crippen molar-refractivity contribution in [2.45, 2.75) is 180 Å². The van der Waals surface area contributed by atoms with Gasteiger partial charge in [0.25, 0.3) is 0 Å². The van der Waals surface area contributed by atoms with E-state index in [1.807, 2.05) is 6.92 Å². The Morgan fingerprint density at radius 3 is 1.46 bits per heavy atom. The van der Waals surface area contributed by atoms with Crippen molar-refractivity contribution in [1.29, 1.82) is 0 Å². The summed E-state index contributed by atoms with van der Waals surface area (Å²) >= 11 is 0. The average Bonchev–Trinajstić information content (AvgIpc) is 3.02. The molecule has 3 atom stereocenters. The molecule has 0 heterocycles. The molecular formula is C34H66NO10P. The van der Waals surface area contributed by atoms with Gasteiger partial charge in [-0.1, -0.05) is 142 Å². The van der Waals surface area contributed by atoms with E-state index >= 15 is 0 Å². The largest absolute Gasteiger partial charge is 0.480 e. The van der Waals surface area contributed by atoms with Crippen molar-refractivity contribution in [3.63, 3.8) is 0 Å². The van der Waals surface area contributed by atoms with Gasteiger partial charge in [0, 0.05) is 12.8 Å². The fourth-order valence-electron chi connectivity index (χ4n) is 5.02. The van der Waals surface area contributed by atoms with Crippen molar-refractivity contribution < 1.29 is 47.8 Å². The highest BCUT2D eigenvalue weighted by molar-refractivity contribution is 7.47. The zero-order chi connectivity index (χ0) is 34.3. The fraction of sp³-hybridized carbons (Fsp3) is 0.912. The second-order valence-electron chi connectivity index (χ2n) is 12.4. The molecule has 0 aromatic heterocycles. The second kappa shape index (κ2) is 30.8. The lowest BCUT2D eigenvalue weighted by molar-refractivity contribution is -0.147. The van der Waals surface area contributed by atoms with Crippen LogP contribution in [0.25, 0.3) is 0 Å². The number of aliphatic carboxylic acids is 1. The maximum atomic E-state index is 12.2. The van der Waals surface area contributed by atoms with Gasteiger partial charge in [0.2, 0.25) is 5.91 Å². The molecule has 3 unspecified atom stereocenters. The van der Waals surface area contributed by atoms with E-state index in [1.54, 1.807) is 0 Å². The van der Waals surface area contributed by atoms with Gasteiger partial charge in [-0.15, -0.1) is 0 Å². The number of carbonyl (C=O) groups is 3. The lowest BCUT2D eigenvalue weighted by Gasteiger charge is -2.18. The zero-order valence-corrected chi connectivity index (χ0v) is 29.8. The summed E-state index contributed by atoms with van der Waals surface area (Å²) in [6, 6.07) is -1.54. The van der Waals surface area contributed by atoms with E-state index in [-0.39, 0.29) is 12.8 Å². The number of aliphatic hydroxyl groups excluding tert-OH is 1. The van der Waals surface area contributed by atoms with Crippen LogP contribution in [0, 0.1) is 0 Å². The number of carbonyl (C=O) groups excluding carboxylic acids is 2. The van der Waals surface area contributed by atoms with Crippen LogP contribution in [0.5, 0.6) is 0 Å². The molecular weight excluding hydrogens is 613 g/mol. The van der Waals surface area contributed by atoms with Gasteiger partial charge in [-0.25, -0.2) is 9.36 Å². The predicted molar refractivity (Wildman–Crippen MR) is 180 cm³/mol. The highest BCUT2D eigenvalue weighted by Crippen LogP contribution is 2.43. The van der Waals surface area contributed by atoms with Gasteiger partial charge in [-0.2, -0.15) is 0 Å². The Hall–Kier alpha value is -1.52. The topological polar surface area (TPSA) is 169 Å². The monoisotopic (exact) mass is 679 g/mol. The molecule has 4 N–H and O–H groups in total. The number of rotatable bonds is 34. The van der Waals surface area contributed by atoms with E-state index in [2.05, 4.69) is 16.8 Å². The number of esters is 1. The van der Waals surface area contributed by atoms with Crippen LogP contribution in [0.2, 0.25) is 0 Å². The van der Waals surface area contributed by atoms with Gasteiger partial charge in [-0.3, -0.25) is 18.6 Å². The first-order valence-electron chi connectivity index (χ1n) is 18.1. The number of phosphoric acid groups is 1. The van der Waals surface area contributed by atoms with E-state index in [4.69, 9.17) is 9.26 Å². The molecule has 0 aromatic carbocycles. The zero-order valence-electron chi connectivity index (χ0n) is 28.9. The summed E-state index contributed by atoms with van der Waals surface area (Å²) in [4.78, 5) is 45.1. The number of amides is 1. The lowest BCUT2D eigenvalue weighted by atomic mass is 10.0. The van der Waals surface area contributed by atoms with Crippen molar-refractivity contribution in [2.24, 2.45) is 0 Å². The number of phosphoric ester groups is 1. The van der Waals surface area contributed by atoms with Crippen molar-refractivity contribution >= 4 is 25.7 Å². The highest BCUT2D eigenvalue weighted by Gasteiger charge is 2.28. The van der Waals surface area contributed by atoms with Gasteiger partial charge in [0.1, 0.15) is 12.7 Å². The summed E-state index contributed by atoms with van der Waals surface area (Å²) in [6.07, 6.45) is 25.2. The SMILES string of the molecule is CCCCCCCCCCCCCCCCCCCCCC(=O)NC(COP(=O)(O)OCC(O)COC(=O)CCCCC)C(=O)O. The Labute approximate surface area is 278 Å². The number of carboxylic acid groups (broad SMARTS) is 1. The first-order chi connectivity index (χ1) is 22.1. The molecule has 0 aliphatic rings. The molecule has 12 heteroatoms. The van der Waals surface area contributed by atoms with E-state index in [9.17, 15) is 34.1 Å². The second-order valence-corrected chi connectivity index (χ2v) is 13.9. The van der Waals surface area contributed by atoms with Crippen molar-refractivity contribution in [3.8, 4) is 0 Å². The van der Waals surface area contributed by atoms with Crippen LogP contribution in [0.15, 0.2) is 0 Å². The highest BCUT2D eigenvalue weighted by atomic mass is 31.2. The quantitative estimate of drug-likeness (QED) is 0.0297. The van der Waals surface area contributed by atoms with Crippen LogP contribution in [-0.2, 0) is 32.7 Å². The molecule has 0 bridgehead atoms. The smallest absolute Gasteiger partial charge is 0.472 e. The predicted octanol–water partition coefficient (Wildman–Crippen LogP) is 8.00. The fourth-order valence-corrected chi connectivity index (χ4v) is 5.79. The Kier molecular flexibility index (Phi) is 29.8. The van der Waals surface area contributed by atoms with Crippen LogP contribution >= 0.6 is 7.82 Å². The maximum absolute atomic E-state index is 12.2. The van der Waals surface area contributed by atoms with Gasteiger partial charge in [0.05, 0.1) is 13.2 Å². The standard InChI is InChI=1S/C34H66NO10P/c1-3-5-7-8-9-10-11-12-13-14-15-16-17-18-19-20-21-22-24-25-32(37)35-31(34(39)40)29-45-46(41,42)44-28-30(36)27-43-33(38)26-23-6-4-2/h30-31,36H,3-29H2,1-2H3,(H,35,37)(H,39,40)(H,41,42). The molecule has 46 heavy (non-hydrogen) atoms. The van der Waals surface area contributed by atoms with Crippen LogP contribution in [0.4, 0.5) is 0 Å². The van der Waals surface area contributed by atoms with E-state index < -0.39 is 57.6 Å². The van der Waals surface area contributed by atoms with Crippen molar-refractivity contribution in [2.75, 3.05) is 19.8 Å². The van der Waals surface area contributed by atoms with Crippen molar-refractivity contribution in [1.82, 2.24) is 5.32 Å². The van der Waals surface area contributed by atoms with Crippen molar-refractivity contribution in [3.05, 3.63) is 0 Å². The van der Waals surface area contributed by atoms with Crippen LogP contribution in [0.1, 0.15) is 168 Å². The molecule has 0 spiro atoms. The van der Waals surface area contributed by atoms with Crippen LogP contribution < -0.4 is 5.32 Å². The number of unbranched alkanes of at least 4 members (excludes halogenated alkanes) is 20. The molecule has 0 saturated carbocycles. The Bertz CT molecular complexity index is 813. The number of hydrogen-bond acceptors (Lipinski definition) is 8. The van der Waals surface area contributed by atoms with Crippen LogP contribution in [0.3, 0.4) is 0 Å². The third kappa shape index (κ3) is 29.9. The minimum atomic E-state index is -4.73. The van der Waals surface area contributed by atoms with Gasteiger partial charge in [-0.05, 0) is 12.8 Å². The normalized spacial score (nSPS) is 14.0. The number of hydrogen-bond donors (Lipinski definition) is 4. The maximum Gasteiger partial charge on any atom is 0.472 e. The minimum absolute atomic E-state index is 0.152. The van der Waals surface area contributed by atoms with E-state index in [0.717, 1.165) is 32.1 Å². The molecule has 272 valence electrons. The Morgan fingerprint density at radius 2 is 1.00 bits per heavy atom. The van der Waals surface area contributed by atoms with E-state index in [0.29, 0.717) is 12.8 Å². The number of ether oxygens (including phenoxy) is 1. The third-order valence-electron chi connectivity index (χ3n) is 7.90. The molecule has 0 radical (unpaired) electrons. The first-order valence-corrected chi connectivity index (χ1v) is 19.6. The molecule has 0 rings (SSSR count).